The van der Waals surface area contributed by atoms with Crippen molar-refractivity contribution in [1.29, 1.82) is 10.8 Å². The largest absolute Gasteiger partial charge is 0.479 e. The van der Waals surface area contributed by atoms with Crippen LogP contribution in [-0.4, -0.2) is 40.1 Å². The number of pyridine rings is 1. The van der Waals surface area contributed by atoms with Crippen molar-refractivity contribution in [2.45, 2.75) is 13.8 Å². The Bertz CT molecular complexity index is 1540. The van der Waals surface area contributed by atoms with E-state index in [1.165, 1.54) is 11.7 Å². The van der Waals surface area contributed by atoms with Gasteiger partial charge in [-0.25, -0.2) is 9.97 Å². The normalized spacial score (nSPS) is 10.6. The van der Waals surface area contributed by atoms with E-state index in [0.29, 0.717) is 18.3 Å². The van der Waals surface area contributed by atoms with Crippen molar-refractivity contribution in [1.82, 2.24) is 14.5 Å². The molecule has 0 radical (unpaired) electrons. The van der Waals surface area contributed by atoms with Crippen molar-refractivity contribution in [3.63, 3.8) is 0 Å². The molecule has 0 bridgehead atoms. The predicted molar refractivity (Wildman–Crippen MR) is 133 cm³/mol. The summed E-state index contributed by atoms with van der Waals surface area (Å²) in [5, 5.41) is 15.8. The fraction of sp³-hybridized carbons (Fsp3) is 0.111. The molecule has 0 atom stereocenters. The Morgan fingerprint density at radius 3 is 2.20 bits per heavy atom. The first-order valence-electron chi connectivity index (χ1n) is 10.8. The first-order valence-corrected chi connectivity index (χ1v) is 10.8. The first kappa shape index (κ1) is 23.4. The van der Waals surface area contributed by atoms with E-state index in [1.54, 1.807) is 18.5 Å². The minimum atomic E-state index is -0.300. The Morgan fingerprint density at radius 2 is 1.57 bits per heavy atom. The standard InChI is InChI=1S/C27H23N5O3/c1-16-19(18-10-11-25(28)32(13-18)26(29)15-34)6-4-7-20(16)21-8-5-9-22(17(21)2)23-12-30-24(14-33)27(31-23)35-3/h4-15,28-29H,1-3H3. The Morgan fingerprint density at radius 1 is 0.943 bits per heavy atom. The minimum Gasteiger partial charge on any atom is -0.479 e. The second-order valence-corrected chi connectivity index (χ2v) is 7.90. The summed E-state index contributed by atoms with van der Waals surface area (Å²) >= 11 is 0. The van der Waals surface area contributed by atoms with Gasteiger partial charge in [-0.05, 0) is 59.4 Å². The second-order valence-electron chi connectivity index (χ2n) is 7.90. The van der Waals surface area contributed by atoms with Crippen LogP contribution in [0.5, 0.6) is 5.88 Å². The molecule has 0 fully saturated rings. The van der Waals surface area contributed by atoms with Crippen molar-refractivity contribution in [2.24, 2.45) is 0 Å². The number of nitrogens with zero attached hydrogens (tertiary/aromatic N) is 3. The number of aromatic nitrogens is 3. The molecule has 2 heterocycles. The lowest BCUT2D eigenvalue weighted by atomic mass is 9.89. The van der Waals surface area contributed by atoms with E-state index in [9.17, 15) is 9.59 Å². The fourth-order valence-electron chi connectivity index (χ4n) is 4.10. The zero-order valence-electron chi connectivity index (χ0n) is 19.5. The van der Waals surface area contributed by atoms with Gasteiger partial charge in [0, 0.05) is 11.8 Å². The minimum absolute atomic E-state index is 0.0559. The molecule has 35 heavy (non-hydrogen) atoms. The van der Waals surface area contributed by atoms with E-state index in [1.807, 2.05) is 56.3 Å². The summed E-state index contributed by atoms with van der Waals surface area (Å²) in [6.07, 6.45) is 4.22. The van der Waals surface area contributed by atoms with Gasteiger partial charge in [-0.2, -0.15) is 0 Å². The van der Waals surface area contributed by atoms with Crippen molar-refractivity contribution in [3.8, 4) is 39.4 Å². The maximum Gasteiger partial charge on any atom is 0.243 e. The molecule has 0 saturated carbocycles. The predicted octanol–water partition coefficient (Wildman–Crippen LogP) is 4.22. The molecule has 2 N–H and O–H groups in total. The molecule has 0 aliphatic heterocycles. The smallest absolute Gasteiger partial charge is 0.243 e. The molecule has 0 saturated heterocycles. The van der Waals surface area contributed by atoms with Gasteiger partial charge in [0.2, 0.25) is 5.88 Å². The van der Waals surface area contributed by atoms with Crippen molar-refractivity contribution < 1.29 is 14.3 Å². The average Bonchev–Trinajstić information content (AvgIpc) is 2.88. The molecule has 0 unspecified atom stereocenters. The number of hydrogen-bond donors (Lipinski definition) is 2. The van der Waals surface area contributed by atoms with Gasteiger partial charge in [-0.15, -0.1) is 0 Å². The van der Waals surface area contributed by atoms with E-state index in [0.717, 1.165) is 38.9 Å². The maximum absolute atomic E-state index is 11.2. The lowest BCUT2D eigenvalue weighted by Crippen LogP contribution is -2.26. The molecular formula is C27H23N5O3. The molecule has 0 amide bonds. The van der Waals surface area contributed by atoms with Gasteiger partial charge in [-0.3, -0.25) is 25.0 Å². The Kier molecular flexibility index (Phi) is 6.46. The van der Waals surface area contributed by atoms with Crippen LogP contribution in [0.15, 0.2) is 60.9 Å². The second kappa shape index (κ2) is 9.64. The van der Waals surface area contributed by atoms with Gasteiger partial charge in [0.1, 0.15) is 5.49 Å². The fourth-order valence-corrected chi connectivity index (χ4v) is 4.10. The van der Waals surface area contributed by atoms with Crippen LogP contribution in [0.3, 0.4) is 0 Å². The summed E-state index contributed by atoms with van der Waals surface area (Å²) in [6, 6.07) is 15.3. The molecule has 0 aliphatic carbocycles. The van der Waals surface area contributed by atoms with Gasteiger partial charge in [0.05, 0.1) is 19.0 Å². The van der Waals surface area contributed by atoms with Crippen LogP contribution in [0, 0.1) is 24.7 Å². The van der Waals surface area contributed by atoms with Crippen LogP contribution in [-0.2, 0) is 4.79 Å². The lowest BCUT2D eigenvalue weighted by molar-refractivity contribution is -0.103. The summed E-state index contributed by atoms with van der Waals surface area (Å²) in [6.45, 7) is 4.02. The molecule has 8 heteroatoms. The molecule has 0 aliphatic rings. The number of rotatable bonds is 6. The average molecular weight is 466 g/mol. The third-order valence-electron chi connectivity index (χ3n) is 5.94. The number of benzene rings is 2. The van der Waals surface area contributed by atoms with Crippen LogP contribution < -0.4 is 10.2 Å². The summed E-state index contributed by atoms with van der Waals surface area (Å²) in [5.74, 6) is -0.126. The summed E-state index contributed by atoms with van der Waals surface area (Å²) in [5.41, 5.74) is 7.40. The van der Waals surface area contributed by atoms with Gasteiger partial charge in [0.15, 0.2) is 24.1 Å². The van der Waals surface area contributed by atoms with Crippen LogP contribution in [0.25, 0.3) is 33.5 Å². The molecule has 2 aromatic carbocycles. The number of carbonyl (C=O) groups excluding carboxylic acids is 2. The van der Waals surface area contributed by atoms with Gasteiger partial charge in [0.25, 0.3) is 0 Å². The summed E-state index contributed by atoms with van der Waals surface area (Å²) < 4.78 is 6.47. The maximum atomic E-state index is 11.2. The van der Waals surface area contributed by atoms with Crippen molar-refractivity contribution in [2.75, 3.05) is 7.11 Å². The molecule has 4 aromatic rings. The monoisotopic (exact) mass is 465 g/mol. The quantitative estimate of drug-likeness (QED) is 0.251. The SMILES string of the molecule is COc1nc(-c2cccc(-c3cccc(-c4ccc(=N)n(C(=N)C=O)c4)c3C)c2C)cnc1C=O. The number of carbonyl (C=O) groups is 2. The number of ether oxygens (including phenoxy) is 1. The molecular weight excluding hydrogens is 442 g/mol. The van der Waals surface area contributed by atoms with Crippen molar-refractivity contribution in [3.05, 3.63) is 83.2 Å². The van der Waals surface area contributed by atoms with Crippen LogP contribution in [0.4, 0.5) is 0 Å². The number of hydrogen-bond acceptors (Lipinski definition) is 7. The highest BCUT2D eigenvalue weighted by Gasteiger charge is 2.16. The Balaban J connectivity index is 1.85. The summed E-state index contributed by atoms with van der Waals surface area (Å²) in [4.78, 5) is 31.0. The van der Waals surface area contributed by atoms with Gasteiger partial charge < -0.3 is 4.74 Å². The van der Waals surface area contributed by atoms with E-state index >= 15 is 0 Å². The highest BCUT2D eigenvalue weighted by molar-refractivity contribution is 6.26. The number of nitrogens with one attached hydrogen (secondary N) is 2. The van der Waals surface area contributed by atoms with E-state index in [-0.39, 0.29) is 22.9 Å². The Hall–Kier alpha value is -4.72. The van der Waals surface area contributed by atoms with E-state index in [4.69, 9.17) is 15.6 Å². The number of aldehydes is 2. The van der Waals surface area contributed by atoms with Gasteiger partial charge >= 0.3 is 0 Å². The Labute approximate surface area is 201 Å². The molecule has 0 spiro atoms. The lowest BCUT2D eigenvalue weighted by Gasteiger charge is -2.17. The zero-order valence-corrected chi connectivity index (χ0v) is 19.5. The summed E-state index contributed by atoms with van der Waals surface area (Å²) in [7, 11) is 1.45. The first-order chi connectivity index (χ1) is 16.9. The molecule has 8 nitrogen and oxygen atoms in total. The highest BCUT2D eigenvalue weighted by atomic mass is 16.5. The molecule has 174 valence electrons. The van der Waals surface area contributed by atoms with Crippen LogP contribution >= 0.6 is 0 Å². The third kappa shape index (κ3) is 4.29. The van der Waals surface area contributed by atoms with E-state index < -0.39 is 0 Å². The number of methoxy groups -OCH3 is 1. The van der Waals surface area contributed by atoms with E-state index in [2.05, 4.69) is 9.97 Å². The van der Waals surface area contributed by atoms with Crippen molar-refractivity contribution >= 4 is 18.4 Å². The zero-order chi connectivity index (χ0) is 25.1. The van der Waals surface area contributed by atoms with Crippen LogP contribution in [0.2, 0.25) is 0 Å². The van der Waals surface area contributed by atoms with Crippen LogP contribution in [0.1, 0.15) is 21.6 Å². The third-order valence-corrected chi connectivity index (χ3v) is 5.94. The topological polar surface area (TPSA) is 122 Å². The molecule has 4 rings (SSSR count). The van der Waals surface area contributed by atoms with Gasteiger partial charge in [-0.1, -0.05) is 36.4 Å². The molecule has 2 aromatic heterocycles. The highest BCUT2D eigenvalue weighted by Crippen LogP contribution is 2.36.